The van der Waals surface area contributed by atoms with Crippen molar-refractivity contribution in [2.24, 2.45) is 0 Å². The lowest BCUT2D eigenvalue weighted by atomic mass is 10.2. The third-order valence-corrected chi connectivity index (χ3v) is 4.22. The Kier molecular flexibility index (Phi) is 6.29. The molecule has 0 spiro atoms. The van der Waals surface area contributed by atoms with Gasteiger partial charge in [-0.05, 0) is 18.2 Å². The highest BCUT2D eigenvalue weighted by atomic mass is 35.5. The zero-order chi connectivity index (χ0) is 19.9. The fourth-order valence-electron chi connectivity index (χ4n) is 2.51. The molecule has 0 unspecified atom stereocenters. The van der Waals surface area contributed by atoms with Crippen LogP contribution in [0.3, 0.4) is 0 Å². The molecule has 0 fully saturated rings. The molecule has 0 aliphatic rings. The van der Waals surface area contributed by atoms with Crippen molar-refractivity contribution in [3.05, 3.63) is 71.3 Å². The van der Waals surface area contributed by atoms with Crippen molar-refractivity contribution in [2.45, 2.75) is 6.54 Å². The van der Waals surface area contributed by atoms with Gasteiger partial charge >= 0.3 is 0 Å². The van der Waals surface area contributed by atoms with Crippen LogP contribution in [0.1, 0.15) is 16.1 Å². The smallest absolute Gasteiger partial charge is 0.257 e. The second-order valence-corrected chi connectivity index (χ2v) is 6.19. The summed E-state index contributed by atoms with van der Waals surface area (Å²) in [4.78, 5) is 21.1. The average Bonchev–Trinajstić information content (AvgIpc) is 2.74. The number of amides is 1. The van der Waals surface area contributed by atoms with Gasteiger partial charge in [0.15, 0.2) is 0 Å². The van der Waals surface area contributed by atoms with Gasteiger partial charge in [0.25, 0.3) is 5.91 Å². The van der Waals surface area contributed by atoms with Crippen molar-refractivity contribution < 1.29 is 14.3 Å². The van der Waals surface area contributed by atoms with Crippen LogP contribution in [0.25, 0.3) is 0 Å². The highest BCUT2D eigenvalue weighted by Gasteiger charge is 2.14. The number of aromatic nitrogens is 2. The molecule has 0 radical (unpaired) electrons. The molecule has 3 rings (SSSR count). The maximum Gasteiger partial charge on any atom is 0.257 e. The van der Waals surface area contributed by atoms with Crippen molar-refractivity contribution in [1.29, 1.82) is 0 Å². The predicted molar refractivity (Wildman–Crippen MR) is 108 cm³/mol. The summed E-state index contributed by atoms with van der Waals surface area (Å²) in [5.74, 6) is 0.523. The Morgan fingerprint density at radius 2 is 1.93 bits per heavy atom. The highest BCUT2D eigenvalue weighted by Crippen LogP contribution is 2.36. The molecule has 0 saturated carbocycles. The quantitative estimate of drug-likeness (QED) is 0.625. The maximum atomic E-state index is 12.7. The summed E-state index contributed by atoms with van der Waals surface area (Å²) in [5, 5.41) is 6.39. The van der Waals surface area contributed by atoms with Crippen LogP contribution in [0.15, 0.2) is 55.0 Å². The second kappa shape index (κ2) is 9.05. The van der Waals surface area contributed by atoms with Crippen molar-refractivity contribution in [2.75, 3.05) is 24.9 Å². The maximum absolute atomic E-state index is 12.7. The number of nitrogens with zero attached hydrogens (tertiary/aromatic N) is 2. The van der Waals surface area contributed by atoms with E-state index in [0.717, 1.165) is 5.69 Å². The van der Waals surface area contributed by atoms with E-state index in [1.54, 1.807) is 30.6 Å². The Hall–Kier alpha value is -3.32. The summed E-state index contributed by atoms with van der Waals surface area (Å²) in [5.41, 5.74) is 2.43. The van der Waals surface area contributed by atoms with Gasteiger partial charge in [0.2, 0.25) is 0 Å². The highest BCUT2D eigenvalue weighted by molar-refractivity contribution is 6.32. The molecule has 28 heavy (non-hydrogen) atoms. The zero-order valence-corrected chi connectivity index (χ0v) is 16.2. The SMILES string of the molecule is COc1cc(NC(=O)c2cncc(NCc3ccccn3)c2)c(OC)cc1Cl. The number of pyridine rings is 2. The van der Waals surface area contributed by atoms with Crippen LogP contribution in [-0.4, -0.2) is 30.1 Å². The number of rotatable bonds is 7. The van der Waals surface area contributed by atoms with E-state index >= 15 is 0 Å². The number of ether oxygens (including phenoxy) is 2. The molecule has 0 aliphatic heterocycles. The molecular formula is C20H19ClN4O3. The van der Waals surface area contributed by atoms with Crippen LogP contribution in [0.5, 0.6) is 11.5 Å². The topological polar surface area (TPSA) is 85.4 Å². The minimum atomic E-state index is -0.336. The lowest BCUT2D eigenvalue weighted by molar-refractivity contribution is 0.102. The molecule has 3 aromatic rings. The fraction of sp³-hybridized carbons (Fsp3) is 0.150. The third kappa shape index (κ3) is 4.69. The average molecular weight is 399 g/mol. The summed E-state index contributed by atoms with van der Waals surface area (Å²) in [6.07, 6.45) is 4.86. The lowest BCUT2D eigenvalue weighted by Gasteiger charge is -2.13. The van der Waals surface area contributed by atoms with Crippen LogP contribution >= 0.6 is 11.6 Å². The molecule has 144 valence electrons. The van der Waals surface area contributed by atoms with Gasteiger partial charge in [-0.15, -0.1) is 0 Å². The Balaban J connectivity index is 1.74. The number of carbonyl (C=O) groups is 1. The van der Waals surface area contributed by atoms with E-state index in [1.807, 2.05) is 18.2 Å². The van der Waals surface area contributed by atoms with E-state index in [2.05, 4.69) is 20.6 Å². The standard InChI is InChI=1S/C20H19ClN4O3/c1-27-18-9-17(19(28-2)8-16(18)21)25-20(26)13-7-15(11-22-10-13)24-12-14-5-3-4-6-23-14/h3-11,24H,12H2,1-2H3,(H,25,26). The van der Waals surface area contributed by atoms with Crippen molar-refractivity contribution in [3.8, 4) is 11.5 Å². The fourth-order valence-corrected chi connectivity index (χ4v) is 2.74. The summed E-state index contributed by atoms with van der Waals surface area (Å²) in [6, 6.07) is 10.6. The van der Waals surface area contributed by atoms with Crippen molar-refractivity contribution in [1.82, 2.24) is 9.97 Å². The van der Waals surface area contributed by atoms with E-state index in [4.69, 9.17) is 21.1 Å². The van der Waals surface area contributed by atoms with Crippen LogP contribution in [0.4, 0.5) is 11.4 Å². The van der Waals surface area contributed by atoms with Crippen molar-refractivity contribution in [3.63, 3.8) is 0 Å². The van der Waals surface area contributed by atoms with Gasteiger partial charge in [-0.25, -0.2) is 0 Å². The molecule has 1 aromatic carbocycles. The van der Waals surface area contributed by atoms with Gasteiger partial charge in [-0.1, -0.05) is 17.7 Å². The molecule has 2 aromatic heterocycles. The number of hydrogen-bond acceptors (Lipinski definition) is 6. The first-order chi connectivity index (χ1) is 13.6. The number of benzene rings is 1. The van der Waals surface area contributed by atoms with Crippen LogP contribution in [0.2, 0.25) is 5.02 Å². The minimum Gasteiger partial charge on any atom is -0.495 e. The molecule has 0 atom stereocenters. The first kappa shape index (κ1) is 19.4. The summed E-state index contributed by atoms with van der Waals surface area (Å²) >= 11 is 6.10. The van der Waals surface area contributed by atoms with Gasteiger partial charge in [0.05, 0.1) is 48.4 Å². The Bertz CT molecular complexity index is 967. The van der Waals surface area contributed by atoms with Gasteiger partial charge in [-0.3, -0.25) is 14.8 Å². The number of methoxy groups -OCH3 is 2. The number of carbonyl (C=O) groups excluding carboxylic acids is 1. The van der Waals surface area contributed by atoms with E-state index < -0.39 is 0 Å². The zero-order valence-electron chi connectivity index (χ0n) is 15.4. The van der Waals surface area contributed by atoms with E-state index in [1.165, 1.54) is 20.4 Å². The number of hydrogen-bond donors (Lipinski definition) is 2. The van der Waals surface area contributed by atoms with Gasteiger partial charge in [0, 0.05) is 30.7 Å². The van der Waals surface area contributed by atoms with Crippen LogP contribution in [-0.2, 0) is 6.54 Å². The Morgan fingerprint density at radius 1 is 1.11 bits per heavy atom. The molecule has 0 saturated heterocycles. The van der Waals surface area contributed by atoms with Crippen LogP contribution in [0, 0.1) is 0 Å². The molecule has 0 aliphatic carbocycles. The molecule has 1 amide bonds. The van der Waals surface area contributed by atoms with Gasteiger partial charge in [0.1, 0.15) is 11.5 Å². The minimum absolute atomic E-state index is 0.336. The first-order valence-corrected chi connectivity index (χ1v) is 8.80. The third-order valence-electron chi connectivity index (χ3n) is 3.92. The number of halogens is 1. The summed E-state index contributed by atoms with van der Waals surface area (Å²) in [7, 11) is 3.00. The molecule has 2 N–H and O–H groups in total. The Labute approximate surface area is 167 Å². The molecule has 7 nitrogen and oxygen atoms in total. The Morgan fingerprint density at radius 3 is 2.64 bits per heavy atom. The largest absolute Gasteiger partial charge is 0.495 e. The lowest BCUT2D eigenvalue weighted by Crippen LogP contribution is -2.14. The monoisotopic (exact) mass is 398 g/mol. The van der Waals surface area contributed by atoms with Crippen molar-refractivity contribution >= 4 is 28.9 Å². The molecular weight excluding hydrogens is 380 g/mol. The number of nitrogens with one attached hydrogen (secondary N) is 2. The second-order valence-electron chi connectivity index (χ2n) is 5.78. The summed E-state index contributed by atoms with van der Waals surface area (Å²) in [6.45, 7) is 0.524. The van der Waals surface area contributed by atoms with Gasteiger partial charge in [-0.2, -0.15) is 0 Å². The molecule has 8 heteroatoms. The molecule has 2 heterocycles. The van der Waals surface area contributed by atoms with Crippen LogP contribution < -0.4 is 20.1 Å². The molecule has 0 bridgehead atoms. The van der Waals surface area contributed by atoms with E-state index in [9.17, 15) is 4.79 Å². The first-order valence-electron chi connectivity index (χ1n) is 8.42. The number of anilines is 2. The predicted octanol–water partition coefficient (Wildman–Crippen LogP) is 4.01. The summed E-state index contributed by atoms with van der Waals surface area (Å²) < 4.78 is 10.5. The normalized spacial score (nSPS) is 10.2. The van der Waals surface area contributed by atoms with E-state index in [-0.39, 0.29) is 5.91 Å². The van der Waals surface area contributed by atoms with E-state index in [0.29, 0.717) is 40.0 Å². The van der Waals surface area contributed by atoms with Gasteiger partial charge < -0.3 is 20.1 Å².